The summed E-state index contributed by atoms with van der Waals surface area (Å²) in [6.07, 6.45) is 1.83. The van der Waals surface area contributed by atoms with Crippen molar-refractivity contribution in [1.82, 2.24) is 0 Å². The van der Waals surface area contributed by atoms with Gasteiger partial charge in [-0.05, 0) is 12.1 Å². The minimum atomic E-state index is 0.574. The predicted octanol–water partition coefficient (Wildman–Crippen LogP) is 1.19. The van der Waals surface area contributed by atoms with E-state index in [9.17, 15) is 4.79 Å². The van der Waals surface area contributed by atoms with Gasteiger partial charge in [-0.15, -0.1) is 0 Å². The van der Waals surface area contributed by atoms with Crippen molar-refractivity contribution >= 4 is 12.0 Å². The van der Waals surface area contributed by atoms with Gasteiger partial charge in [0.25, 0.3) is 0 Å². The SMILES string of the molecule is CNc1ccccc1[C]=O. The van der Waals surface area contributed by atoms with Gasteiger partial charge in [-0.2, -0.15) is 0 Å². The zero-order valence-corrected chi connectivity index (χ0v) is 5.72. The molecule has 0 saturated heterocycles. The molecule has 0 amide bonds. The first kappa shape index (κ1) is 6.81. The van der Waals surface area contributed by atoms with E-state index >= 15 is 0 Å². The Morgan fingerprint density at radius 2 is 2.10 bits per heavy atom. The lowest BCUT2D eigenvalue weighted by Gasteiger charge is -1.99. The first-order chi connectivity index (χ1) is 4.88. The van der Waals surface area contributed by atoms with E-state index < -0.39 is 0 Å². The quantitative estimate of drug-likeness (QED) is 0.658. The first-order valence-corrected chi connectivity index (χ1v) is 3.03. The van der Waals surface area contributed by atoms with Crippen LogP contribution in [-0.4, -0.2) is 13.3 Å². The monoisotopic (exact) mass is 134 g/mol. The molecule has 2 nitrogen and oxygen atoms in total. The number of nitrogens with one attached hydrogen (secondary N) is 1. The molecule has 1 aromatic carbocycles. The molecule has 2 heteroatoms. The van der Waals surface area contributed by atoms with Crippen LogP contribution in [0.25, 0.3) is 0 Å². The second-order valence-electron chi connectivity index (χ2n) is 1.90. The zero-order valence-electron chi connectivity index (χ0n) is 5.72. The molecule has 1 rings (SSSR count). The normalized spacial score (nSPS) is 8.90. The maximum Gasteiger partial charge on any atom is 0.235 e. The Morgan fingerprint density at radius 3 is 2.60 bits per heavy atom. The number of para-hydroxylation sites is 1. The van der Waals surface area contributed by atoms with E-state index in [2.05, 4.69) is 5.32 Å². The lowest BCUT2D eigenvalue weighted by atomic mass is 10.2. The Labute approximate surface area is 59.9 Å². The number of anilines is 1. The molecule has 0 aliphatic rings. The third-order valence-electron chi connectivity index (χ3n) is 1.31. The average molecular weight is 134 g/mol. The predicted molar refractivity (Wildman–Crippen MR) is 40.8 cm³/mol. The summed E-state index contributed by atoms with van der Waals surface area (Å²) >= 11 is 0. The van der Waals surface area contributed by atoms with Gasteiger partial charge in [0.2, 0.25) is 6.29 Å². The van der Waals surface area contributed by atoms with Crippen LogP contribution in [0.4, 0.5) is 5.69 Å². The summed E-state index contributed by atoms with van der Waals surface area (Å²) in [6.45, 7) is 0. The molecule has 0 spiro atoms. The Balaban J connectivity index is 3.08. The highest BCUT2D eigenvalue weighted by Crippen LogP contribution is 2.10. The molecule has 0 aromatic heterocycles. The van der Waals surface area contributed by atoms with Crippen molar-refractivity contribution < 1.29 is 4.79 Å². The molecule has 51 valence electrons. The van der Waals surface area contributed by atoms with Gasteiger partial charge < -0.3 is 5.32 Å². The number of carbonyl (C=O) groups excluding carboxylic acids is 1. The minimum Gasteiger partial charge on any atom is -0.388 e. The summed E-state index contributed by atoms with van der Waals surface area (Å²) in [5.41, 5.74) is 1.39. The molecule has 1 radical (unpaired) electrons. The van der Waals surface area contributed by atoms with Crippen LogP contribution in [0.5, 0.6) is 0 Å². The lowest BCUT2D eigenvalue weighted by Crippen LogP contribution is -1.92. The highest BCUT2D eigenvalue weighted by molar-refractivity contribution is 5.84. The van der Waals surface area contributed by atoms with Crippen molar-refractivity contribution in [2.24, 2.45) is 0 Å². The van der Waals surface area contributed by atoms with Gasteiger partial charge in [-0.25, -0.2) is 0 Å². The summed E-state index contributed by atoms with van der Waals surface area (Å²) in [6, 6.07) is 7.23. The van der Waals surface area contributed by atoms with Gasteiger partial charge in [0.1, 0.15) is 0 Å². The second-order valence-corrected chi connectivity index (χ2v) is 1.90. The van der Waals surface area contributed by atoms with Crippen LogP contribution >= 0.6 is 0 Å². The van der Waals surface area contributed by atoms with Crippen LogP contribution in [-0.2, 0) is 4.79 Å². The summed E-state index contributed by atoms with van der Waals surface area (Å²) in [7, 11) is 1.77. The standard InChI is InChI=1S/C8H8NO/c1-9-8-5-3-2-4-7(8)6-10/h2-5,9H,1H3. The van der Waals surface area contributed by atoms with Crippen molar-refractivity contribution in [2.45, 2.75) is 0 Å². The van der Waals surface area contributed by atoms with Gasteiger partial charge in [-0.1, -0.05) is 12.1 Å². The van der Waals surface area contributed by atoms with Gasteiger partial charge in [0.05, 0.1) is 0 Å². The molecule has 1 aromatic rings. The lowest BCUT2D eigenvalue weighted by molar-refractivity contribution is 0.563. The number of hydrogen-bond acceptors (Lipinski definition) is 2. The molecule has 0 heterocycles. The van der Waals surface area contributed by atoms with Crippen molar-refractivity contribution in [2.75, 3.05) is 12.4 Å². The van der Waals surface area contributed by atoms with E-state index in [1.54, 1.807) is 19.2 Å². The average Bonchev–Trinajstić information content (AvgIpc) is 2.04. The molecule has 0 bridgehead atoms. The summed E-state index contributed by atoms with van der Waals surface area (Å²) in [5.74, 6) is 0. The van der Waals surface area contributed by atoms with Crippen molar-refractivity contribution in [3.63, 3.8) is 0 Å². The molecule has 0 unspecified atom stereocenters. The third-order valence-corrected chi connectivity index (χ3v) is 1.31. The highest BCUT2D eigenvalue weighted by atomic mass is 16.1. The Bertz CT molecular complexity index is 232. The maximum absolute atomic E-state index is 10.2. The zero-order chi connectivity index (χ0) is 7.40. The van der Waals surface area contributed by atoms with Crippen LogP contribution in [0.3, 0.4) is 0 Å². The maximum atomic E-state index is 10.2. The Kier molecular flexibility index (Phi) is 2.05. The molecule has 0 atom stereocenters. The summed E-state index contributed by atoms with van der Waals surface area (Å²) < 4.78 is 0. The van der Waals surface area contributed by atoms with Gasteiger partial charge in [0.15, 0.2) is 0 Å². The van der Waals surface area contributed by atoms with Gasteiger partial charge >= 0.3 is 0 Å². The van der Waals surface area contributed by atoms with E-state index in [0.717, 1.165) is 5.69 Å². The van der Waals surface area contributed by atoms with E-state index in [0.29, 0.717) is 5.56 Å². The Hall–Kier alpha value is -1.31. The number of benzene rings is 1. The fourth-order valence-electron chi connectivity index (χ4n) is 0.790. The van der Waals surface area contributed by atoms with Crippen molar-refractivity contribution in [3.05, 3.63) is 29.8 Å². The van der Waals surface area contributed by atoms with Crippen LogP contribution in [0, 0.1) is 0 Å². The molecule has 10 heavy (non-hydrogen) atoms. The highest BCUT2D eigenvalue weighted by Gasteiger charge is 1.95. The number of rotatable bonds is 2. The topological polar surface area (TPSA) is 29.1 Å². The van der Waals surface area contributed by atoms with E-state index in [1.807, 2.05) is 18.4 Å². The van der Waals surface area contributed by atoms with E-state index in [4.69, 9.17) is 0 Å². The molecular weight excluding hydrogens is 126 g/mol. The smallest absolute Gasteiger partial charge is 0.235 e. The largest absolute Gasteiger partial charge is 0.388 e. The molecular formula is C8H8NO. The van der Waals surface area contributed by atoms with E-state index in [-0.39, 0.29) is 0 Å². The van der Waals surface area contributed by atoms with Crippen molar-refractivity contribution in [1.29, 1.82) is 0 Å². The minimum absolute atomic E-state index is 0.574. The molecule has 1 N–H and O–H groups in total. The Morgan fingerprint density at radius 1 is 1.40 bits per heavy atom. The van der Waals surface area contributed by atoms with Gasteiger partial charge in [0, 0.05) is 18.3 Å². The molecule has 0 saturated carbocycles. The molecule has 0 aliphatic carbocycles. The third kappa shape index (κ3) is 1.16. The number of hydrogen-bond donors (Lipinski definition) is 1. The fraction of sp³-hybridized carbons (Fsp3) is 0.125. The van der Waals surface area contributed by atoms with Crippen molar-refractivity contribution in [3.8, 4) is 0 Å². The van der Waals surface area contributed by atoms with Gasteiger partial charge in [-0.3, -0.25) is 4.79 Å². The van der Waals surface area contributed by atoms with Crippen LogP contribution in [0.1, 0.15) is 5.56 Å². The fourth-order valence-corrected chi connectivity index (χ4v) is 0.790. The first-order valence-electron chi connectivity index (χ1n) is 3.03. The van der Waals surface area contributed by atoms with Crippen LogP contribution < -0.4 is 5.32 Å². The summed E-state index contributed by atoms with van der Waals surface area (Å²) in [4.78, 5) is 10.2. The molecule has 0 aliphatic heterocycles. The molecule has 0 fully saturated rings. The van der Waals surface area contributed by atoms with Crippen LogP contribution in [0.15, 0.2) is 24.3 Å². The van der Waals surface area contributed by atoms with E-state index in [1.165, 1.54) is 0 Å². The second kappa shape index (κ2) is 3.01. The summed E-state index contributed by atoms with van der Waals surface area (Å²) in [5, 5.41) is 2.88. The van der Waals surface area contributed by atoms with Crippen LogP contribution in [0.2, 0.25) is 0 Å².